The molecule has 0 saturated carbocycles. The van der Waals surface area contributed by atoms with Crippen molar-refractivity contribution in [1.82, 2.24) is 4.31 Å². The molecule has 1 heterocycles. The molecular weight excluding hydrogens is 419 g/mol. The summed E-state index contributed by atoms with van der Waals surface area (Å²) in [6.07, 6.45) is 1.00. The van der Waals surface area contributed by atoms with E-state index in [1.54, 1.807) is 18.2 Å². The van der Waals surface area contributed by atoms with Crippen LogP contribution in [0.4, 0.5) is 5.69 Å². The molecule has 2 aromatic carbocycles. The number of sulfonamides is 1. The summed E-state index contributed by atoms with van der Waals surface area (Å²) in [7, 11) is -3.81. The van der Waals surface area contributed by atoms with Crippen LogP contribution in [-0.4, -0.2) is 31.2 Å². The van der Waals surface area contributed by atoms with Crippen LogP contribution in [-0.2, 0) is 14.8 Å². The molecule has 0 aromatic heterocycles. The summed E-state index contributed by atoms with van der Waals surface area (Å²) in [5.74, 6) is -0.463. The van der Waals surface area contributed by atoms with Crippen LogP contribution in [0, 0.1) is 0 Å². The van der Waals surface area contributed by atoms with Gasteiger partial charge in [-0.2, -0.15) is 4.31 Å². The number of hydrogen-bond acceptors (Lipinski definition) is 3. The third-order valence-corrected chi connectivity index (χ3v) is 6.94. The molecule has 26 heavy (non-hydrogen) atoms. The number of hydrogen-bond donors (Lipinski definition) is 1. The van der Waals surface area contributed by atoms with Crippen molar-refractivity contribution in [3.8, 4) is 0 Å². The van der Waals surface area contributed by atoms with Crippen LogP contribution in [0.15, 0.2) is 47.4 Å². The number of halogens is 3. The number of carbonyl (C=O) groups excluding carboxylic acids is 1. The first-order chi connectivity index (χ1) is 12.3. The molecule has 1 fully saturated rings. The molecule has 0 radical (unpaired) electrons. The Morgan fingerprint density at radius 2 is 1.65 bits per heavy atom. The molecular formula is C17H15Cl3N2O3S. The Kier molecular flexibility index (Phi) is 5.79. The Morgan fingerprint density at radius 3 is 2.27 bits per heavy atom. The highest BCUT2D eigenvalue weighted by Crippen LogP contribution is 2.32. The predicted octanol–water partition coefficient (Wildman–Crippen LogP) is 4.44. The second kappa shape index (κ2) is 7.74. The summed E-state index contributed by atoms with van der Waals surface area (Å²) in [5.41, 5.74) is 0.275. The highest BCUT2D eigenvalue weighted by Gasteiger charge is 2.39. The Balaban J connectivity index is 1.86. The summed E-state index contributed by atoms with van der Waals surface area (Å²) in [6.45, 7) is 0.263. The lowest BCUT2D eigenvalue weighted by Gasteiger charge is -2.23. The quantitative estimate of drug-likeness (QED) is 0.775. The van der Waals surface area contributed by atoms with Gasteiger partial charge in [-0.3, -0.25) is 4.79 Å². The first kappa shape index (κ1) is 19.5. The van der Waals surface area contributed by atoms with E-state index in [0.29, 0.717) is 17.9 Å². The van der Waals surface area contributed by atoms with Crippen LogP contribution >= 0.6 is 34.8 Å². The van der Waals surface area contributed by atoms with Crippen LogP contribution in [0.2, 0.25) is 15.1 Å². The van der Waals surface area contributed by atoms with Gasteiger partial charge in [0.15, 0.2) is 0 Å². The first-order valence-electron chi connectivity index (χ1n) is 7.83. The zero-order chi connectivity index (χ0) is 18.9. The van der Waals surface area contributed by atoms with Gasteiger partial charge in [-0.25, -0.2) is 8.42 Å². The molecule has 1 amide bonds. The molecule has 1 N–H and O–H groups in total. The third kappa shape index (κ3) is 3.85. The number of rotatable bonds is 4. The number of nitrogens with zero attached hydrogens (tertiary/aromatic N) is 1. The maximum absolute atomic E-state index is 12.9. The van der Waals surface area contributed by atoms with E-state index in [2.05, 4.69) is 5.32 Å². The average molecular weight is 434 g/mol. The standard InChI is InChI=1S/C17H15Cl3N2O3S/c18-11-6-8-12(9-7-11)26(24,25)22-10-2-5-15(22)17(23)21-16-13(19)3-1-4-14(16)20/h1,3-4,6-9,15H,2,5,10H2,(H,21,23)/t15-/m0/s1. The monoisotopic (exact) mass is 432 g/mol. The van der Waals surface area contributed by atoms with Crippen molar-refractivity contribution in [2.45, 2.75) is 23.8 Å². The fraction of sp³-hybridized carbons (Fsp3) is 0.235. The van der Waals surface area contributed by atoms with Gasteiger partial charge in [0.05, 0.1) is 20.6 Å². The van der Waals surface area contributed by atoms with Crippen molar-refractivity contribution in [3.63, 3.8) is 0 Å². The lowest BCUT2D eigenvalue weighted by atomic mass is 10.2. The Bertz CT molecular complexity index is 913. The summed E-state index contributed by atoms with van der Waals surface area (Å²) in [5, 5.41) is 3.67. The highest BCUT2D eigenvalue weighted by atomic mass is 35.5. The molecule has 1 aliphatic rings. The molecule has 5 nitrogen and oxygen atoms in total. The molecule has 0 spiro atoms. The van der Waals surface area contributed by atoms with E-state index in [1.165, 1.54) is 28.6 Å². The van der Waals surface area contributed by atoms with Gasteiger partial charge in [-0.15, -0.1) is 0 Å². The molecule has 1 aliphatic heterocycles. The van der Waals surface area contributed by atoms with E-state index in [0.717, 1.165) is 0 Å². The van der Waals surface area contributed by atoms with E-state index in [1.807, 2.05) is 0 Å². The summed E-state index contributed by atoms with van der Waals surface area (Å²) >= 11 is 18.0. The number of amides is 1. The molecule has 0 aliphatic carbocycles. The molecule has 1 atom stereocenters. The van der Waals surface area contributed by atoms with Crippen molar-refractivity contribution < 1.29 is 13.2 Å². The number of benzene rings is 2. The van der Waals surface area contributed by atoms with Crippen LogP contribution in [0.3, 0.4) is 0 Å². The predicted molar refractivity (Wildman–Crippen MR) is 103 cm³/mol. The number of para-hydroxylation sites is 1. The molecule has 0 unspecified atom stereocenters. The summed E-state index contributed by atoms with van der Waals surface area (Å²) in [4.78, 5) is 12.8. The topological polar surface area (TPSA) is 66.5 Å². The van der Waals surface area contributed by atoms with Gasteiger partial charge in [0.1, 0.15) is 6.04 Å². The van der Waals surface area contributed by atoms with E-state index < -0.39 is 22.0 Å². The van der Waals surface area contributed by atoms with Crippen LogP contribution in [0.1, 0.15) is 12.8 Å². The second-order valence-corrected chi connectivity index (χ2v) is 8.96. The number of anilines is 1. The van der Waals surface area contributed by atoms with Gasteiger partial charge in [0.25, 0.3) is 0 Å². The van der Waals surface area contributed by atoms with Gasteiger partial charge >= 0.3 is 0 Å². The summed E-state index contributed by atoms with van der Waals surface area (Å²) in [6, 6.07) is 9.88. The SMILES string of the molecule is O=C(Nc1c(Cl)cccc1Cl)[C@@H]1CCCN1S(=O)(=O)c1ccc(Cl)cc1. The van der Waals surface area contributed by atoms with Gasteiger partial charge in [0, 0.05) is 11.6 Å². The minimum atomic E-state index is -3.81. The highest BCUT2D eigenvalue weighted by molar-refractivity contribution is 7.89. The molecule has 2 aromatic rings. The van der Waals surface area contributed by atoms with E-state index >= 15 is 0 Å². The van der Waals surface area contributed by atoms with Gasteiger partial charge < -0.3 is 5.32 Å². The van der Waals surface area contributed by atoms with Crippen LogP contribution in [0.5, 0.6) is 0 Å². The molecule has 3 rings (SSSR count). The zero-order valence-electron chi connectivity index (χ0n) is 13.5. The zero-order valence-corrected chi connectivity index (χ0v) is 16.5. The lowest BCUT2D eigenvalue weighted by molar-refractivity contribution is -0.119. The fourth-order valence-corrected chi connectivity index (χ4v) is 5.13. The Labute approximate surface area is 166 Å². The Morgan fingerprint density at radius 1 is 1.04 bits per heavy atom. The van der Waals surface area contributed by atoms with Crippen LogP contribution < -0.4 is 5.32 Å². The van der Waals surface area contributed by atoms with Crippen molar-refractivity contribution in [1.29, 1.82) is 0 Å². The lowest BCUT2D eigenvalue weighted by Crippen LogP contribution is -2.43. The smallest absolute Gasteiger partial charge is 0.243 e. The van der Waals surface area contributed by atoms with Crippen molar-refractivity contribution >= 4 is 56.4 Å². The summed E-state index contributed by atoms with van der Waals surface area (Å²) < 4.78 is 27.0. The maximum atomic E-state index is 12.9. The second-order valence-electron chi connectivity index (χ2n) is 5.81. The normalized spacial score (nSPS) is 18.0. The van der Waals surface area contributed by atoms with Crippen molar-refractivity contribution in [2.75, 3.05) is 11.9 Å². The minimum Gasteiger partial charge on any atom is -0.322 e. The molecule has 0 bridgehead atoms. The molecule has 1 saturated heterocycles. The molecule has 9 heteroatoms. The van der Waals surface area contributed by atoms with Gasteiger partial charge in [-0.05, 0) is 49.2 Å². The number of carbonyl (C=O) groups is 1. The van der Waals surface area contributed by atoms with E-state index in [4.69, 9.17) is 34.8 Å². The van der Waals surface area contributed by atoms with Gasteiger partial charge in [-0.1, -0.05) is 40.9 Å². The Hall–Kier alpha value is -1.31. The maximum Gasteiger partial charge on any atom is 0.243 e. The third-order valence-electron chi connectivity index (χ3n) is 4.14. The van der Waals surface area contributed by atoms with Gasteiger partial charge in [0.2, 0.25) is 15.9 Å². The van der Waals surface area contributed by atoms with Crippen LogP contribution in [0.25, 0.3) is 0 Å². The first-order valence-corrected chi connectivity index (χ1v) is 10.4. The number of nitrogens with one attached hydrogen (secondary N) is 1. The minimum absolute atomic E-state index is 0.0948. The van der Waals surface area contributed by atoms with Crippen molar-refractivity contribution in [3.05, 3.63) is 57.5 Å². The molecule has 138 valence electrons. The fourth-order valence-electron chi connectivity index (χ4n) is 2.86. The largest absolute Gasteiger partial charge is 0.322 e. The van der Waals surface area contributed by atoms with E-state index in [-0.39, 0.29) is 27.2 Å². The van der Waals surface area contributed by atoms with E-state index in [9.17, 15) is 13.2 Å². The average Bonchev–Trinajstić information content (AvgIpc) is 3.09. The van der Waals surface area contributed by atoms with Crippen molar-refractivity contribution in [2.24, 2.45) is 0 Å².